The molecule has 0 fully saturated rings. The molecule has 0 spiro atoms. The molecule has 102 valence electrons. The normalized spacial score (nSPS) is 11.2. The van der Waals surface area contributed by atoms with Crippen molar-refractivity contribution < 1.29 is 14.4 Å². The summed E-state index contributed by atoms with van der Waals surface area (Å²) in [6.45, 7) is 6.20. The van der Waals surface area contributed by atoms with E-state index < -0.39 is 0 Å². The van der Waals surface area contributed by atoms with Gasteiger partial charge in [0.15, 0.2) is 0 Å². The molecule has 0 bridgehead atoms. The van der Waals surface area contributed by atoms with Crippen LogP contribution in [0, 0.1) is 0 Å². The van der Waals surface area contributed by atoms with E-state index in [1.54, 1.807) is 5.06 Å². The number of hydrogen-bond donors (Lipinski definition) is 2. The van der Waals surface area contributed by atoms with E-state index in [-0.39, 0.29) is 5.91 Å². The number of hydrogen-bond acceptors (Lipinski definition) is 5. The highest BCUT2D eigenvalue weighted by Gasteiger charge is 2.02. The zero-order valence-corrected chi connectivity index (χ0v) is 11.8. The molecule has 17 heavy (non-hydrogen) atoms. The van der Waals surface area contributed by atoms with Crippen LogP contribution in [0.4, 0.5) is 0 Å². The van der Waals surface area contributed by atoms with Crippen molar-refractivity contribution in [2.45, 2.75) is 26.3 Å². The van der Waals surface area contributed by atoms with Crippen LogP contribution in [-0.4, -0.2) is 56.2 Å². The summed E-state index contributed by atoms with van der Waals surface area (Å²) < 4.78 is 5.31. The molecule has 0 aromatic heterocycles. The first-order valence-corrected chi connectivity index (χ1v) is 6.52. The van der Waals surface area contributed by atoms with Gasteiger partial charge in [0.25, 0.3) is 0 Å². The summed E-state index contributed by atoms with van der Waals surface area (Å²) in [5, 5.41) is 4.53. The number of carbonyl (C=O) groups is 1. The number of amides is 1. The van der Waals surface area contributed by atoms with E-state index in [9.17, 15) is 4.79 Å². The van der Waals surface area contributed by atoms with Gasteiger partial charge in [0.05, 0.1) is 19.8 Å². The molecule has 0 rings (SSSR count). The van der Waals surface area contributed by atoms with E-state index >= 15 is 0 Å². The summed E-state index contributed by atoms with van der Waals surface area (Å²) in [4.78, 5) is 16.4. The molecule has 0 aromatic carbocycles. The lowest BCUT2D eigenvalue weighted by Gasteiger charge is -2.20. The van der Waals surface area contributed by atoms with Crippen molar-refractivity contribution in [1.82, 2.24) is 10.4 Å². The van der Waals surface area contributed by atoms with Crippen LogP contribution in [0.2, 0.25) is 0 Å². The molecular weight excluding hydrogens is 240 g/mol. The fourth-order valence-corrected chi connectivity index (χ4v) is 1.15. The molecule has 0 unspecified atom stereocenters. The zero-order valence-electron chi connectivity index (χ0n) is 10.9. The molecule has 0 heterocycles. The molecule has 0 aliphatic rings. The van der Waals surface area contributed by atoms with Gasteiger partial charge in [-0.2, -0.15) is 17.7 Å². The van der Waals surface area contributed by atoms with Gasteiger partial charge < -0.3 is 10.1 Å². The van der Waals surface area contributed by atoms with Crippen LogP contribution in [0.25, 0.3) is 0 Å². The minimum atomic E-state index is 0.0133. The summed E-state index contributed by atoms with van der Waals surface area (Å²) in [5.74, 6) is 0.585. The Labute approximate surface area is 109 Å². The van der Waals surface area contributed by atoms with Crippen LogP contribution < -0.4 is 5.32 Å². The predicted octanol–water partition coefficient (Wildman–Crippen LogP) is 0.711. The quantitative estimate of drug-likeness (QED) is 0.347. The molecule has 1 N–H and O–H groups in total. The number of nitrogens with zero attached hydrogens (tertiary/aromatic N) is 1. The van der Waals surface area contributed by atoms with Gasteiger partial charge in [-0.25, -0.2) is 0 Å². The lowest BCUT2D eigenvalue weighted by atomic mass is 10.4. The van der Waals surface area contributed by atoms with E-state index in [2.05, 4.69) is 31.8 Å². The van der Waals surface area contributed by atoms with E-state index in [1.165, 1.54) is 0 Å². The van der Waals surface area contributed by atoms with Gasteiger partial charge >= 0.3 is 0 Å². The number of rotatable bonds is 10. The largest absolute Gasteiger partial charge is 0.377 e. The van der Waals surface area contributed by atoms with E-state index in [0.717, 1.165) is 0 Å². The van der Waals surface area contributed by atoms with Crippen LogP contribution in [-0.2, 0) is 14.4 Å². The van der Waals surface area contributed by atoms with Crippen molar-refractivity contribution in [1.29, 1.82) is 0 Å². The third-order valence-electron chi connectivity index (χ3n) is 2.16. The van der Waals surface area contributed by atoms with Crippen molar-refractivity contribution in [2.24, 2.45) is 0 Å². The van der Waals surface area contributed by atoms with Crippen molar-refractivity contribution in [2.75, 3.05) is 39.2 Å². The molecule has 0 radical (unpaired) electrons. The van der Waals surface area contributed by atoms with E-state index in [4.69, 9.17) is 9.57 Å². The summed E-state index contributed by atoms with van der Waals surface area (Å²) >= 11 is 3.97. The third kappa shape index (κ3) is 10.6. The van der Waals surface area contributed by atoms with Gasteiger partial charge in [0, 0.05) is 26.1 Å². The van der Waals surface area contributed by atoms with Crippen molar-refractivity contribution in [3.63, 3.8) is 0 Å². The predicted molar refractivity (Wildman–Crippen MR) is 71.1 cm³/mol. The van der Waals surface area contributed by atoms with Gasteiger partial charge in [-0.15, -0.1) is 0 Å². The monoisotopic (exact) mass is 264 g/mol. The Hall–Kier alpha value is -0.300. The number of hydroxylamine groups is 2. The fraction of sp³-hybridized carbons (Fsp3) is 0.909. The highest BCUT2D eigenvalue weighted by atomic mass is 32.1. The topological polar surface area (TPSA) is 50.8 Å². The smallest absolute Gasteiger partial charge is 0.220 e. The Morgan fingerprint density at radius 1 is 1.35 bits per heavy atom. The zero-order chi connectivity index (χ0) is 13.1. The maximum Gasteiger partial charge on any atom is 0.220 e. The van der Waals surface area contributed by atoms with Crippen molar-refractivity contribution in [3.05, 3.63) is 0 Å². The average Bonchev–Trinajstić information content (AvgIpc) is 2.27. The lowest BCUT2D eigenvalue weighted by molar-refractivity contribution is -0.170. The standard InChI is InChI=1S/C11H24N2O3S/c1-10(2)13(3)16-8-7-15-6-5-12-11(14)4-9-17/h10,17H,4-9H2,1-3H3,(H,12,14). The second kappa shape index (κ2) is 10.8. The summed E-state index contributed by atoms with van der Waals surface area (Å²) in [5.41, 5.74) is 0. The Bertz CT molecular complexity index is 203. The minimum absolute atomic E-state index is 0.0133. The van der Waals surface area contributed by atoms with Crippen LogP contribution in [0.3, 0.4) is 0 Å². The summed E-state index contributed by atoms with van der Waals surface area (Å²) in [6.07, 6.45) is 0.450. The van der Waals surface area contributed by atoms with E-state index in [1.807, 2.05) is 7.05 Å². The molecule has 0 saturated heterocycles. The fourth-order valence-electron chi connectivity index (χ4n) is 0.944. The number of nitrogens with one attached hydrogen (secondary N) is 1. The van der Waals surface area contributed by atoms with Crippen LogP contribution in [0.5, 0.6) is 0 Å². The Morgan fingerprint density at radius 3 is 2.65 bits per heavy atom. The van der Waals surface area contributed by atoms with Gasteiger partial charge in [0.1, 0.15) is 0 Å². The molecular formula is C11H24N2O3S. The van der Waals surface area contributed by atoms with E-state index in [0.29, 0.717) is 44.6 Å². The Balaban J connectivity index is 3.21. The molecule has 0 aromatic rings. The second-order valence-corrected chi connectivity index (χ2v) is 4.36. The van der Waals surface area contributed by atoms with Crippen LogP contribution in [0.1, 0.15) is 20.3 Å². The SMILES string of the molecule is CC(C)N(C)OCCOCCNC(=O)CCS. The first kappa shape index (κ1) is 16.7. The first-order chi connectivity index (χ1) is 8.07. The Kier molecular flexibility index (Phi) is 10.6. The summed E-state index contributed by atoms with van der Waals surface area (Å²) in [6, 6.07) is 0.357. The second-order valence-electron chi connectivity index (χ2n) is 3.91. The Morgan fingerprint density at radius 2 is 2.06 bits per heavy atom. The lowest BCUT2D eigenvalue weighted by Crippen LogP contribution is -2.29. The van der Waals surface area contributed by atoms with Crippen molar-refractivity contribution >= 4 is 18.5 Å². The molecule has 1 amide bonds. The highest BCUT2D eigenvalue weighted by molar-refractivity contribution is 7.80. The van der Waals surface area contributed by atoms with Gasteiger partial charge in [-0.05, 0) is 19.6 Å². The number of ether oxygens (including phenoxy) is 1. The van der Waals surface area contributed by atoms with Crippen molar-refractivity contribution in [3.8, 4) is 0 Å². The molecule has 0 aliphatic carbocycles. The third-order valence-corrected chi connectivity index (χ3v) is 2.38. The maximum absolute atomic E-state index is 11.0. The summed E-state index contributed by atoms with van der Waals surface area (Å²) in [7, 11) is 1.89. The number of carbonyl (C=O) groups excluding carboxylic acids is 1. The molecule has 0 aliphatic heterocycles. The average molecular weight is 264 g/mol. The first-order valence-electron chi connectivity index (χ1n) is 5.89. The maximum atomic E-state index is 11.0. The van der Waals surface area contributed by atoms with Gasteiger partial charge in [0.2, 0.25) is 5.91 Å². The van der Waals surface area contributed by atoms with Crippen LogP contribution in [0.15, 0.2) is 0 Å². The highest BCUT2D eigenvalue weighted by Crippen LogP contribution is 1.93. The molecule has 0 atom stereocenters. The molecule has 5 nitrogen and oxygen atoms in total. The minimum Gasteiger partial charge on any atom is -0.377 e. The van der Waals surface area contributed by atoms with Gasteiger partial charge in [-0.3, -0.25) is 9.63 Å². The molecule has 0 saturated carbocycles. The van der Waals surface area contributed by atoms with Gasteiger partial charge in [-0.1, -0.05) is 0 Å². The molecule has 6 heteroatoms. The van der Waals surface area contributed by atoms with Crippen LogP contribution >= 0.6 is 12.6 Å². The number of thiol groups is 1.